The number of hydrogen-bond acceptors (Lipinski definition) is 7. The van der Waals surface area contributed by atoms with E-state index in [1.165, 1.54) is 29.5 Å². The molecule has 0 aliphatic rings. The monoisotopic (exact) mass is 496 g/mol. The number of thioether (sulfide) groups is 1. The molecule has 12 heteroatoms. The Morgan fingerprint density at radius 1 is 1.28 bits per heavy atom. The van der Waals surface area contributed by atoms with Crippen molar-refractivity contribution in [1.29, 1.82) is 0 Å². The zero-order valence-electron chi connectivity index (χ0n) is 16.3. The summed E-state index contributed by atoms with van der Waals surface area (Å²) in [5.41, 5.74) is 0.259. The predicted octanol–water partition coefficient (Wildman–Crippen LogP) is 4.78. The molecular formula is C17H22Cl2N4O3S3. The number of benzene rings is 1. The van der Waals surface area contributed by atoms with Crippen LogP contribution in [-0.2, 0) is 14.8 Å². The Morgan fingerprint density at radius 2 is 1.97 bits per heavy atom. The maximum atomic E-state index is 12.9. The lowest BCUT2D eigenvalue weighted by molar-refractivity contribution is -0.117. The molecule has 2 rings (SSSR count). The minimum Gasteiger partial charge on any atom is -0.299 e. The molecule has 1 amide bonds. The van der Waals surface area contributed by atoms with Crippen LogP contribution in [0.25, 0.3) is 0 Å². The Bertz CT molecular complexity index is 967. The molecule has 2 aromatic rings. The second-order valence-corrected chi connectivity index (χ2v) is 11.6. The highest BCUT2D eigenvalue weighted by molar-refractivity contribution is 8.01. The van der Waals surface area contributed by atoms with E-state index < -0.39 is 22.0 Å². The third-order valence-electron chi connectivity index (χ3n) is 3.66. The van der Waals surface area contributed by atoms with Crippen LogP contribution in [0.1, 0.15) is 27.2 Å². The molecule has 0 fully saturated rings. The molecule has 0 spiro atoms. The van der Waals surface area contributed by atoms with E-state index in [2.05, 4.69) is 29.4 Å². The van der Waals surface area contributed by atoms with Gasteiger partial charge in [0.1, 0.15) is 6.04 Å². The maximum absolute atomic E-state index is 12.9. The molecule has 160 valence electrons. The summed E-state index contributed by atoms with van der Waals surface area (Å²) in [6.07, 6.45) is 1.28. The topological polar surface area (TPSA) is 92.3 Å². The molecule has 1 N–H and O–H groups in total. The second-order valence-electron chi connectivity index (χ2n) is 6.65. The molecule has 1 atom stereocenters. The van der Waals surface area contributed by atoms with Gasteiger partial charge < -0.3 is 0 Å². The van der Waals surface area contributed by atoms with Crippen LogP contribution in [0.2, 0.25) is 10.0 Å². The number of hydrogen-bond donors (Lipinski definition) is 1. The van der Waals surface area contributed by atoms with E-state index in [0.717, 1.165) is 20.7 Å². The first-order valence-electron chi connectivity index (χ1n) is 8.74. The standard InChI is InChI=1S/C17H22Cl2N4O3S3/c1-5-14(15(24)20-16-21-22-17(28-16)27-9-10(2)3)23(29(4,25)26)11-6-7-12(18)13(19)8-11/h6-8,10,14H,5,9H2,1-4H3,(H,20,21,24)/t14-/m1/s1. The van der Waals surface area contributed by atoms with Gasteiger partial charge in [0.15, 0.2) is 4.34 Å². The van der Waals surface area contributed by atoms with Gasteiger partial charge in [-0.15, -0.1) is 10.2 Å². The lowest BCUT2D eigenvalue weighted by atomic mass is 10.2. The highest BCUT2D eigenvalue weighted by Crippen LogP contribution is 2.31. The molecule has 0 radical (unpaired) electrons. The van der Waals surface area contributed by atoms with Gasteiger partial charge in [0.05, 0.1) is 22.0 Å². The number of nitrogens with one attached hydrogen (secondary N) is 1. The molecular weight excluding hydrogens is 475 g/mol. The molecule has 7 nitrogen and oxygen atoms in total. The second kappa shape index (κ2) is 10.3. The van der Waals surface area contributed by atoms with Crippen molar-refractivity contribution in [2.24, 2.45) is 5.92 Å². The SMILES string of the molecule is CC[C@H](C(=O)Nc1nnc(SCC(C)C)s1)N(c1ccc(Cl)c(Cl)c1)S(C)(=O)=O. The molecule has 0 saturated heterocycles. The Labute approximate surface area is 189 Å². The number of anilines is 2. The first kappa shape index (κ1) is 24.2. The Balaban J connectivity index is 2.25. The van der Waals surface area contributed by atoms with E-state index in [-0.39, 0.29) is 17.1 Å². The van der Waals surface area contributed by atoms with Crippen molar-refractivity contribution >= 4 is 73.0 Å². The lowest BCUT2D eigenvalue weighted by Crippen LogP contribution is -2.47. The fourth-order valence-electron chi connectivity index (χ4n) is 2.43. The van der Waals surface area contributed by atoms with Crippen LogP contribution in [-0.4, -0.2) is 42.6 Å². The molecule has 0 aliphatic carbocycles. The highest BCUT2D eigenvalue weighted by atomic mass is 35.5. The minimum atomic E-state index is -3.78. The van der Waals surface area contributed by atoms with E-state index >= 15 is 0 Å². The van der Waals surface area contributed by atoms with Crippen LogP contribution < -0.4 is 9.62 Å². The number of rotatable bonds is 9. The Kier molecular flexibility index (Phi) is 8.59. The third-order valence-corrected chi connectivity index (χ3v) is 7.98. The smallest absolute Gasteiger partial charge is 0.250 e. The fourth-order valence-corrected chi connectivity index (χ4v) is 5.66. The third kappa shape index (κ3) is 6.71. The number of nitrogens with zero attached hydrogens (tertiary/aromatic N) is 3. The van der Waals surface area contributed by atoms with Gasteiger partial charge in [0, 0.05) is 5.75 Å². The van der Waals surface area contributed by atoms with Gasteiger partial charge >= 0.3 is 0 Å². The van der Waals surface area contributed by atoms with Crippen molar-refractivity contribution in [3.63, 3.8) is 0 Å². The largest absolute Gasteiger partial charge is 0.299 e. The number of carbonyl (C=O) groups is 1. The molecule has 1 aromatic heterocycles. The minimum absolute atomic E-state index is 0.198. The van der Waals surface area contributed by atoms with Gasteiger partial charge in [0.2, 0.25) is 21.1 Å². The van der Waals surface area contributed by atoms with Crippen molar-refractivity contribution in [2.75, 3.05) is 21.6 Å². The summed E-state index contributed by atoms with van der Waals surface area (Å²) in [5.74, 6) is 0.890. The first-order valence-corrected chi connectivity index (χ1v) is 13.1. The summed E-state index contributed by atoms with van der Waals surface area (Å²) >= 11 is 14.8. The van der Waals surface area contributed by atoms with Crippen molar-refractivity contribution < 1.29 is 13.2 Å². The zero-order chi connectivity index (χ0) is 21.8. The van der Waals surface area contributed by atoms with Gasteiger partial charge in [-0.25, -0.2) is 8.42 Å². The average Bonchev–Trinajstić information content (AvgIpc) is 3.06. The summed E-state index contributed by atoms with van der Waals surface area (Å²) in [4.78, 5) is 12.9. The molecule has 1 aromatic carbocycles. The molecule has 0 aliphatic heterocycles. The Morgan fingerprint density at radius 3 is 2.52 bits per heavy atom. The van der Waals surface area contributed by atoms with E-state index in [0.29, 0.717) is 16.1 Å². The summed E-state index contributed by atoms with van der Waals surface area (Å²) < 4.78 is 26.7. The van der Waals surface area contributed by atoms with Gasteiger partial charge in [-0.3, -0.25) is 14.4 Å². The van der Waals surface area contributed by atoms with Crippen LogP contribution >= 0.6 is 46.3 Å². The molecule has 29 heavy (non-hydrogen) atoms. The van der Waals surface area contributed by atoms with Crippen LogP contribution in [0.3, 0.4) is 0 Å². The normalized spacial score (nSPS) is 12.8. The van der Waals surface area contributed by atoms with Crippen molar-refractivity contribution in [1.82, 2.24) is 10.2 Å². The van der Waals surface area contributed by atoms with Crippen LogP contribution in [0, 0.1) is 5.92 Å². The van der Waals surface area contributed by atoms with Gasteiger partial charge in [-0.05, 0) is 30.5 Å². The first-order chi connectivity index (χ1) is 13.5. The highest BCUT2D eigenvalue weighted by Gasteiger charge is 2.32. The predicted molar refractivity (Wildman–Crippen MR) is 122 cm³/mol. The van der Waals surface area contributed by atoms with Crippen LogP contribution in [0.5, 0.6) is 0 Å². The summed E-state index contributed by atoms with van der Waals surface area (Å²) in [5, 5.41) is 11.5. The van der Waals surface area contributed by atoms with Crippen molar-refractivity contribution in [3.8, 4) is 0 Å². The number of halogens is 2. The number of aromatic nitrogens is 2. The summed E-state index contributed by atoms with van der Waals surface area (Å²) in [7, 11) is -3.78. The number of carbonyl (C=O) groups excluding carboxylic acids is 1. The van der Waals surface area contributed by atoms with E-state index in [4.69, 9.17) is 23.2 Å². The quantitative estimate of drug-likeness (QED) is 0.396. The van der Waals surface area contributed by atoms with E-state index in [1.54, 1.807) is 18.7 Å². The van der Waals surface area contributed by atoms with Crippen LogP contribution in [0.4, 0.5) is 10.8 Å². The van der Waals surface area contributed by atoms with Gasteiger partial charge in [-0.2, -0.15) is 0 Å². The lowest BCUT2D eigenvalue weighted by Gasteiger charge is -2.30. The molecule has 0 bridgehead atoms. The average molecular weight is 497 g/mol. The van der Waals surface area contributed by atoms with Crippen LogP contribution in [0.15, 0.2) is 22.5 Å². The van der Waals surface area contributed by atoms with E-state index in [1.807, 2.05) is 0 Å². The number of amides is 1. The molecule has 0 unspecified atom stereocenters. The fraction of sp³-hybridized carbons (Fsp3) is 0.471. The van der Waals surface area contributed by atoms with E-state index in [9.17, 15) is 13.2 Å². The number of sulfonamides is 1. The Hall–Kier alpha value is -1.07. The van der Waals surface area contributed by atoms with Crippen molar-refractivity contribution in [3.05, 3.63) is 28.2 Å². The summed E-state index contributed by atoms with van der Waals surface area (Å²) in [6, 6.07) is 3.44. The zero-order valence-corrected chi connectivity index (χ0v) is 20.3. The van der Waals surface area contributed by atoms with Gasteiger partial charge in [-0.1, -0.05) is 67.1 Å². The maximum Gasteiger partial charge on any atom is 0.250 e. The molecule has 1 heterocycles. The van der Waals surface area contributed by atoms with Crippen molar-refractivity contribution in [2.45, 2.75) is 37.6 Å². The molecule has 0 saturated carbocycles. The summed E-state index contributed by atoms with van der Waals surface area (Å²) in [6.45, 7) is 5.93. The van der Waals surface area contributed by atoms with Gasteiger partial charge in [0.25, 0.3) is 0 Å².